The molecule has 1 unspecified atom stereocenters. The number of hydrogen-bond acceptors (Lipinski definition) is 5. The second-order valence-corrected chi connectivity index (χ2v) is 12.6. The summed E-state index contributed by atoms with van der Waals surface area (Å²) in [6.07, 6.45) is -4.76. The lowest BCUT2D eigenvalue weighted by molar-refractivity contribution is -0.145. The first-order valence-electron chi connectivity index (χ1n) is 13.7. The number of halogens is 6. The van der Waals surface area contributed by atoms with Crippen LogP contribution in [0.4, 0.5) is 32.0 Å². The molecule has 2 aliphatic rings. The number of hydrogen-bond donors (Lipinski definition) is 1. The Bertz CT molecular complexity index is 1720. The van der Waals surface area contributed by atoms with Gasteiger partial charge in [0.05, 0.1) is 28.1 Å². The molecular weight excluding hydrogens is 630 g/mol. The average molecular weight is 657 g/mol. The maximum absolute atomic E-state index is 14.3. The number of rotatable bonds is 8. The molecule has 8 nitrogen and oxygen atoms in total. The summed E-state index contributed by atoms with van der Waals surface area (Å²) in [5.74, 6) is -3.44. The first-order valence-corrected chi connectivity index (χ1v) is 15.2. The number of ether oxygens (including phenoxy) is 1. The van der Waals surface area contributed by atoms with Gasteiger partial charge in [-0.2, -0.15) is 22.0 Å². The van der Waals surface area contributed by atoms with Crippen molar-refractivity contribution in [1.82, 2.24) is 4.90 Å². The van der Waals surface area contributed by atoms with Crippen molar-refractivity contribution >= 4 is 27.6 Å². The molecule has 1 fully saturated rings. The van der Waals surface area contributed by atoms with Crippen LogP contribution in [0.1, 0.15) is 30.4 Å². The lowest BCUT2D eigenvalue weighted by Crippen LogP contribution is -2.45. The quantitative estimate of drug-likeness (QED) is 0.301. The second kappa shape index (κ2) is 12.3. The van der Waals surface area contributed by atoms with Gasteiger partial charge >= 0.3 is 18.8 Å². The largest absolute Gasteiger partial charge is 0.481 e. The molecule has 0 bridgehead atoms. The van der Waals surface area contributed by atoms with Crippen molar-refractivity contribution in [3.63, 3.8) is 0 Å². The minimum absolute atomic E-state index is 0.00797. The third-order valence-electron chi connectivity index (χ3n) is 7.87. The van der Waals surface area contributed by atoms with Gasteiger partial charge < -0.3 is 14.7 Å². The number of carbonyl (C=O) groups excluding carboxylic acids is 1. The monoisotopic (exact) mass is 656 g/mol. The number of nitrogens with zero attached hydrogens (tertiary/aromatic N) is 2. The van der Waals surface area contributed by atoms with Gasteiger partial charge in [0.2, 0.25) is 5.91 Å². The van der Waals surface area contributed by atoms with E-state index >= 15 is 0 Å². The Morgan fingerprint density at radius 1 is 0.978 bits per heavy atom. The normalized spacial score (nSPS) is 17.4. The number of sulfonamides is 1. The van der Waals surface area contributed by atoms with Gasteiger partial charge in [0.1, 0.15) is 11.6 Å². The Morgan fingerprint density at radius 3 is 2.33 bits per heavy atom. The maximum atomic E-state index is 14.3. The average Bonchev–Trinajstić information content (AvgIpc) is 3.34. The van der Waals surface area contributed by atoms with Gasteiger partial charge in [0, 0.05) is 25.6 Å². The summed E-state index contributed by atoms with van der Waals surface area (Å²) in [5.41, 5.74) is -0.493. The van der Waals surface area contributed by atoms with Crippen molar-refractivity contribution in [2.45, 2.75) is 49.4 Å². The molecule has 240 valence electrons. The van der Waals surface area contributed by atoms with Crippen molar-refractivity contribution in [2.75, 3.05) is 17.4 Å². The Morgan fingerprint density at radius 2 is 1.69 bits per heavy atom. The maximum Gasteiger partial charge on any atom is 0.416 e. The molecule has 1 N–H and O–H groups in total. The Kier molecular flexibility index (Phi) is 8.75. The molecule has 1 saturated heterocycles. The zero-order valence-corrected chi connectivity index (χ0v) is 24.1. The Balaban J connectivity index is 1.54. The number of aliphatic carboxylic acids is 1. The van der Waals surface area contributed by atoms with Gasteiger partial charge in [-0.05, 0) is 72.4 Å². The van der Waals surface area contributed by atoms with Gasteiger partial charge in [-0.3, -0.25) is 13.9 Å². The predicted molar refractivity (Wildman–Crippen MR) is 149 cm³/mol. The summed E-state index contributed by atoms with van der Waals surface area (Å²) in [5, 5.41) is 9.26. The Hall–Kier alpha value is -4.27. The van der Waals surface area contributed by atoms with Gasteiger partial charge in [-0.25, -0.2) is 12.8 Å². The van der Waals surface area contributed by atoms with Gasteiger partial charge in [0.25, 0.3) is 10.0 Å². The van der Waals surface area contributed by atoms with Crippen LogP contribution in [0.15, 0.2) is 65.6 Å². The smallest absolute Gasteiger partial charge is 0.416 e. The van der Waals surface area contributed by atoms with E-state index in [0.717, 1.165) is 40.7 Å². The first-order chi connectivity index (χ1) is 21.1. The summed E-state index contributed by atoms with van der Waals surface area (Å²) in [4.78, 5) is 25.4. The SMILES string of the molecule is O=C(O)C1CCN(C(=O)CC2Cc3ccc(-c4cc(F)cc(OC(F)F)c4)cc3N2S(=O)(=O)c2cccc(C(F)(F)F)c2)CC1. The fraction of sp³-hybridized carbons (Fsp3) is 0.333. The first kappa shape index (κ1) is 32.1. The van der Waals surface area contributed by atoms with E-state index in [0.29, 0.717) is 11.6 Å². The second-order valence-electron chi connectivity index (χ2n) is 10.8. The van der Waals surface area contributed by atoms with E-state index in [4.69, 9.17) is 0 Å². The third-order valence-corrected chi connectivity index (χ3v) is 9.73. The number of anilines is 1. The zero-order valence-electron chi connectivity index (χ0n) is 23.3. The lowest BCUT2D eigenvalue weighted by Gasteiger charge is -2.33. The van der Waals surface area contributed by atoms with Crippen LogP contribution < -0.4 is 9.04 Å². The number of piperidine rings is 1. The number of alkyl halides is 5. The van der Waals surface area contributed by atoms with Crippen LogP contribution in [0.5, 0.6) is 5.75 Å². The number of amides is 1. The van der Waals surface area contributed by atoms with E-state index in [9.17, 15) is 49.5 Å². The summed E-state index contributed by atoms with van der Waals surface area (Å²) in [7, 11) is -4.72. The van der Waals surface area contributed by atoms with E-state index in [1.807, 2.05) is 0 Å². The summed E-state index contributed by atoms with van der Waals surface area (Å²) in [6, 6.07) is 9.34. The molecule has 15 heteroatoms. The molecular formula is C30H26F6N2O6S. The van der Waals surface area contributed by atoms with Crippen LogP contribution in [-0.4, -0.2) is 56.0 Å². The van der Waals surface area contributed by atoms with E-state index in [1.54, 1.807) is 0 Å². The van der Waals surface area contributed by atoms with Crippen molar-refractivity contribution in [3.8, 4) is 16.9 Å². The van der Waals surface area contributed by atoms with E-state index in [-0.39, 0.29) is 55.6 Å². The molecule has 3 aromatic rings. The molecule has 45 heavy (non-hydrogen) atoms. The standard InChI is InChI=1S/C30H26F6N2O6S/c31-22-10-20(12-24(15-22)44-29(32)33)18-4-5-19-11-23(16-27(39)37-8-6-17(7-9-37)28(40)41)38(26(19)13-18)45(42,43)25-3-1-2-21(14-25)30(34,35)36/h1-5,10,12-15,17,23,29H,6-9,11,16H2,(H,40,41). The Labute approximate surface area is 253 Å². The summed E-state index contributed by atoms with van der Waals surface area (Å²) >= 11 is 0. The van der Waals surface area contributed by atoms with Crippen LogP contribution in [0, 0.1) is 11.7 Å². The topological polar surface area (TPSA) is 104 Å². The van der Waals surface area contributed by atoms with E-state index in [2.05, 4.69) is 4.74 Å². The molecule has 2 heterocycles. The highest BCUT2D eigenvalue weighted by atomic mass is 32.2. The van der Waals surface area contributed by atoms with E-state index in [1.165, 1.54) is 23.1 Å². The van der Waals surface area contributed by atoms with E-state index < -0.39 is 68.7 Å². The molecule has 2 aliphatic heterocycles. The molecule has 0 aliphatic carbocycles. The fourth-order valence-electron chi connectivity index (χ4n) is 5.69. The van der Waals surface area contributed by atoms with Crippen molar-refractivity contribution < 1.29 is 54.2 Å². The van der Waals surface area contributed by atoms with Crippen molar-refractivity contribution in [2.24, 2.45) is 5.92 Å². The lowest BCUT2D eigenvalue weighted by atomic mass is 9.96. The highest BCUT2D eigenvalue weighted by Gasteiger charge is 2.42. The zero-order chi connectivity index (χ0) is 32.7. The van der Waals surface area contributed by atoms with Crippen LogP contribution >= 0.6 is 0 Å². The number of likely N-dealkylation sites (tertiary alicyclic amines) is 1. The summed E-state index contributed by atoms with van der Waals surface area (Å²) in [6.45, 7) is -2.95. The molecule has 0 radical (unpaired) electrons. The van der Waals surface area contributed by atoms with Gasteiger partial charge in [-0.15, -0.1) is 0 Å². The van der Waals surface area contributed by atoms with Crippen molar-refractivity contribution in [3.05, 3.63) is 77.6 Å². The molecule has 5 rings (SSSR count). The minimum atomic E-state index is -4.84. The highest BCUT2D eigenvalue weighted by molar-refractivity contribution is 7.92. The number of carbonyl (C=O) groups is 2. The highest BCUT2D eigenvalue weighted by Crippen LogP contribution is 2.42. The van der Waals surface area contributed by atoms with Crippen LogP contribution in [0.2, 0.25) is 0 Å². The van der Waals surface area contributed by atoms with Gasteiger partial charge in [-0.1, -0.05) is 18.2 Å². The fourth-order valence-corrected chi connectivity index (χ4v) is 7.41. The third kappa shape index (κ3) is 6.87. The molecule has 0 aromatic heterocycles. The number of fused-ring (bicyclic) bond motifs is 1. The number of carboxylic acid groups (broad SMARTS) is 1. The molecule has 0 saturated carbocycles. The molecule has 1 atom stereocenters. The predicted octanol–water partition coefficient (Wildman–Crippen LogP) is 5.95. The molecule has 0 spiro atoms. The minimum Gasteiger partial charge on any atom is -0.481 e. The van der Waals surface area contributed by atoms with Crippen LogP contribution in [0.25, 0.3) is 11.1 Å². The molecule has 3 aromatic carbocycles. The van der Waals surface area contributed by atoms with Crippen molar-refractivity contribution in [1.29, 1.82) is 0 Å². The number of carboxylic acids is 1. The molecule has 1 amide bonds. The number of benzene rings is 3. The van der Waals surface area contributed by atoms with Crippen LogP contribution in [0.3, 0.4) is 0 Å². The summed E-state index contributed by atoms with van der Waals surface area (Å²) < 4.78 is 114. The van der Waals surface area contributed by atoms with Crippen LogP contribution in [-0.2, 0) is 32.2 Å². The van der Waals surface area contributed by atoms with Gasteiger partial charge in [0.15, 0.2) is 0 Å².